The van der Waals surface area contributed by atoms with Gasteiger partial charge in [-0.05, 0) is 52.6 Å². The van der Waals surface area contributed by atoms with Crippen molar-refractivity contribution in [3.63, 3.8) is 0 Å². The first-order valence-electron chi connectivity index (χ1n) is 9.54. The van der Waals surface area contributed by atoms with Gasteiger partial charge in [-0.2, -0.15) is 9.78 Å². The third kappa shape index (κ3) is 6.17. The Labute approximate surface area is 177 Å². The highest BCUT2D eigenvalue weighted by Gasteiger charge is 2.48. The number of aromatic nitrogens is 2. The molecular weight excluding hydrogens is 387 g/mol. The minimum absolute atomic E-state index is 0.0400. The monoisotopic (exact) mass is 415 g/mol. The van der Waals surface area contributed by atoms with Crippen LogP contribution in [0.25, 0.3) is 0 Å². The fourth-order valence-electron chi connectivity index (χ4n) is 2.25. The van der Waals surface area contributed by atoms with Crippen LogP contribution in [0, 0.1) is 0 Å². The Morgan fingerprint density at radius 3 is 2.33 bits per heavy atom. The van der Waals surface area contributed by atoms with Crippen molar-refractivity contribution in [2.24, 2.45) is 0 Å². The Morgan fingerprint density at radius 2 is 1.73 bits per heavy atom. The van der Waals surface area contributed by atoms with E-state index in [1.54, 1.807) is 34.6 Å². The number of carbonyl (C=O) groups is 2. The second kappa shape index (κ2) is 9.01. The van der Waals surface area contributed by atoms with Crippen molar-refractivity contribution < 1.29 is 28.8 Å². The number of ether oxygens (including phenoxy) is 2. The molecule has 1 aromatic heterocycles. The molecule has 0 saturated heterocycles. The van der Waals surface area contributed by atoms with E-state index in [9.17, 15) is 14.7 Å². The van der Waals surface area contributed by atoms with Crippen LogP contribution in [0.5, 0.6) is 0 Å². The van der Waals surface area contributed by atoms with Crippen LogP contribution in [0.4, 0.5) is 4.79 Å². The fourth-order valence-corrected chi connectivity index (χ4v) is 2.25. The summed E-state index contributed by atoms with van der Waals surface area (Å²) in [6.45, 7) is 9.76. The SMILES string of the molecule is CC(C)(C)OC(=O)n1cc([B]OC(C)(C)C(C)(O)C(=O)OCc2ccccc2)cn1. The summed E-state index contributed by atoms with van der Waals surface area (Å²) in [7, 11) is 1.31. The van der Waals surface area contributed by atoms with Crippen LogP contribution in [-0.2, 0) is 25.5 Å². The summed E-state index contributed by atoms with van der Waals surface area (Å²) < 4.78 is 17.2. The molecule has 1 heterocycles. The lowest BCUT2D eigenvalue weighted by Gasteiger charge is -2.38. The molecule has 0 aliphatic carbocycles. The molecule has 0 bridgehead atoms. The summed E-state index contributed by atoms with van der Waals surface area (Å²) in [6.07, 6.45) is 2.20. The Kier molecular flexibility index (Phi) is 7.10. The van der Waals surface area contributed by atoms with Gasteiger partial charge in [-0.15, -0.1) is 0 Å². The van der Waals surface area contributed by atoms with Crippen LogP contribution in [0.2, 0.25) is 0 Å². The van der Waals surface area contributed by atoms with Crippen molar-refractivity contribution >= 4 is 25.0 Å². The summed E-state index contributed by atoms with van der Waals surface area (Å²) in [5.41, 5.74) is -2.64. The Morgan fingerprint density at radius 1 is 1.10 bits per heavy atom. The molecule has 0 fully saturated rings. The van der Waals surface area contributed by atoms with Crippen molar-refractivity contribution in [1.29, 1.82) is 0 Å². The third-order valence-electron chi connectivity index (χ3n) is 4.46. The van der Waals surface area contributed by atoms with Crippen molar-refractivity contribution in [2.75, 3.05) is 0 Å². The van der Waals surface area contributed by atoms with Crippen molar-refractivity contribution in [2.45, 2.75) is 65.0 Å². The molecule has 1 atom stereocenters. The first-order chi connectivity index (χ1) is 13.8. The predicted molar refractivity (Wildman–Crippen MR) is 111 cm³/mol. The minimum atomic E-state index is -1.93. The molecule has 9 heteroatoms. The molecule has 30 heavy (non-hydrogen) atoms. The highest BCUT2D eigenvalue weighted by Crippen LogP contribution is 2.27. The van der Waals surface area contributed by atoms with Crippen LogP contribution in [0.3, 0.4) is 0 Å². The number of hydrogen-bond donors (Lipinski definition) is 1. The largest absolute Gasteiger partial charge is 0.459 e. The van der Waals surface area contributed by atoms with E-state index in [0.29, 0.717) is 5.46 Å². The molecule has 0 saturated carbocycles. The van der Waals surface area contributed by atoms with E-state index >= 15 is 0 Å². The first kappa shape index (κ1) is 23.6. The van der Waals surface area contributed by atoms with Gasteiger partial charge < -0.3 is 19.2 Å². The molecule has 1 aromatic carbocycles. The van der Waals surface area contributed by atoms with E-state index in [1.807, 2.05) is 30.3 Å². The van der Waals surface area contributed by atoms with Gasteiger partial charge in [0.1, 0.15) is 12.2 Å². The highest BCUT2D eigenvalue weighted by molar-refractivity contribution is 6.46. The second-order valence-corrected chi connectivity index (χ2v) is 8.58. The summed E-state index contributed by atoms with van der Waals surface area (Å²) >= 11 is 0. The maximum Gasteiger partial charge on any atom is 0.435 e. The van der Waals surface area contributed by atoms with E-state index in [-0.39, 0.29) is 6.61 Å². The highest BCUT2D eigenvalue weighted by atomic mass is 16.6. The van der Waals surface area contributed by atoms with Gasteiger partial charge in [0.05, 0.1) is 5.60 Å². The van der Waals surface area contributed by atoms with E-state index < -0.39 is 28.9 Å². The fraction of sp³-hybridized carbons (Fsp3) is 0.476. The van der Waals surface area contributed by atoms with Crippen LogP contribution < -0.4 is 5.46 Å². The van der Waals surface area contributed by atoms with Gasteiger partial charge >= 0.3 is 19.5 Å². The standard InChI is InChI=1S/C21H28BN2O6/c1-19(2,3)29-18(26)24-13-16(12-23-24)22-30-20(4,5)21(6,27)17(25)28-14-15-10-8-7-9-11-15/h7-13,27H,14H2,1-6H3. The van der Waals surface area contributed by atoms with Gasteiger partial charge in [-0.25, -0.2) is 9.59 Å². The van der Waals surface area contributed by atoms with Crippen LogP contribution in [0.1, 0.15) is 47.1 Å². The first-order valence-corrected chi connectivity index (χ1v) is 9.54. The summed E-state index contributed by atoms with van der Waals surface area (Å²) in [5.74, 6) is -0.811. The summed E-state index contributed by atoms with van der Waals surface area (Å²) in [4.78, 5) is 24.5. The van der Waals surface area contributed by atoms with Gasteiger partial charge in [-0.1, -0.05) is 30.3 Å². The zero-order valence-corrected chi connectivity index (χ0v) is 18.2. The lowest BCUT2D eigenvalue weighted by Crippen LogP contribution is -2.57. The van der Waals surface area contributed by atoms with Gasteiger partial charge in [0, 0.05) is 12.4 Å². The van der Waals surface area contributed by atoms with E-state index in [0.717, 1.165) is 10.2 Å². The average Bonchev–Trinajstić information content (AvgIpc) is 3.13. The Bertz CT molecular complexity index is 871. The second-order valence-electron chi connectivity index (χ2n) is 8.58. The molecule has 0 aliphatic heterocycles. The number of nitrogens with zero attached hydrogens (tertiary/aromatic N) is 2. The normalized spacial score (nSPS) is 14.0. The molecule has 0 aliphatic rings. The zero-order chi connectivity index (χ0) is 22.6. The molecule has 1 radical (unpaired) electrons. The lowest BCUT2D eigenvalue weighted by atomic mass is 9.83. The van der Waals surface area contributed by atoms with Crippen LogP contribution in [0.15, 0.2) is 42.7 Å². The van der Waals surface area contributed by atoms with E-state index in [1.165, 1.54) is 26.8 Å². The third-order valence-corrected chi connectivity index (χ3v) is 4.46. The molecule has 2 aromatic rings. The number of hydrogen-bond acceptors (Lipinski definition) is 7. The quantitative estimate of drug-likeness (QED) is 0.547. The molecular formula is C21H28BN2O6. The molecule has 161 valence electrons. The van der Waals surface area contributed by atoms with E-state index in [2.05, 4.69) is 5.10 Å². The van der Waals surface area contributed by atoms with Gasteiger partial charge in [0.15, 0.2) is 5.60 Å². The molecule has 1 unspecified atom stereocenters. The van der Waals surface area contributed by atoms with Crippen molar-refractivity contribution in [3.05, 3.63) is 48.3 Å². The number of aliphatic hydroxyl groups is 1. The molecule has 2 rings (SSSR count). The van der Waals surface area contributed by atoms with Crippen LogP contribution in [-0.4, -0.2) is 51.2 Å². The molecule has 0 spiro atoms. The van der Waals surface area contributed by atoms with Gasteiger partial charge in [-0.3, -0.25) is 0 Å². The predicted octanol–water partition coefficient (Wildman–Crippen LogP) is 2.20. The molecule has 0 amide bonds. The number of benzene rings is 1. The maximum absolute atomic E-state index is 12.5. The molecule has 1 N–H and O–H groups in total. The van der Waals surface area contributed by atoms with E-state index in [4.69, 9.17) is 14.1 Å². The van der Waals surface area contributed by atoms with Crippen molar-refractivity contribution in [3.8, 4) is 0 Å². The van der Waals surface area contributed by atoms with Crippen LogP contribution >= 0.6 is 0 Å². The minimum Gasteiger partial charge on any atom is -0.459 e. The smallest absolute Gasteiger partial charge is 0.435 e. The van der Waals surface area contributed by atoms with Gasteiger partial charge in [0.25, 0.3) is 0 Å². The maximum atomic E-state index is 12.5. The topological polar surface area (TPSA) is 99.9 Å². The lowest BCUT2D eigenvalue weighted by molar-refractivity contribution is -0.185. The number of carbonyl (C=O) groups excluding carboxylic acids is 2. The summed E-state index contributed by atoms with van der Waals surface area (Å²) in [6, 6.07) is 9.17. The number of esters is 1. The summed E-state index contributed by atoms with van der Waals surface area (Å²) in [5, 5.41) is 14.7. The Balaban J connectivity index is 1.96. The van der Waals surface area contributed by atoms with Crippen molar-refractivity contribution in [1.82, 2.24) is 9.78 Å². The van der Waals surface area contributed by atoms with Gasteiger partial charge in [0.2, 0.25) is 0 Å². The Hall–Kier alpha value is -2.65. The number of rotatable bonds is 7. The zero-order valence-electron chi connectivity index (χ0n) is 18.2. The molecule has 8 nitrogen and oxygen atoms in total. The average molecular weight is 415 g/mol.